The molecule has 2 amide bonds. The predicted molar refractivity (Wildman–Crippen MR) is 120 cm³/mol. The molecule has 0 atom stereocenters. The summed E-state index contributed by atoms with van der Waals surface area (Å²) < 4.78 is 1.67. The molecule has 3 aromatic rings. The average molecular weight is 443 g/mol. The van der Waals surface area contributed by atoms with Crippen LogP contribution in [0.2, 0.25) is 10.2 Å². The maximum atomic E-state index is 12.3. The standard InChI is InChI=1S/C22H20Cl2N4O2/c1-13-11-17(7-8-18(13)22(25)30)26-20(29)10-9-19-14(2)27-28(21(19)24)12-15-3-5-16(23)6-4-15/h3-11H,12H2,1-2H3,(H2,25,30)(H,26,29)/b10-9+. The van der Waals surface area contributed by atoms with E-state index in [0.29, 0.717) is 44.8 Å². The summed E-state index contributed by atoms with van der Waals surface area (Å²) in [5, 5.41) is 8.30. The lowest BCUT2D eigenvalue weighted by Gasteiger charge is -2.06. The van der Waals surface area contributed by atoms with Crippen molar-refractivity contribution in [2.75, 3.05) is 5.32 Å². The van der Waals surface area contributed by atoms with Gasteiger partial charge in [-0.05, 0) is 61.4 Å². The van der Waals surface area contributed by atoms with Crippen LogP contribution in [0.15, 0.2) is 48.5 Å². The lowest BCUT2D eigenvalue weighted by Crippen LogP contribution is -2.13. The number of amides is 2. The molecule has 30 heavy (non-hydrogen) atoms. The van der Waals surface area contributed by atoms with Crippen LogP contribution >= 0.6 is 23.2 Å². The van der Waals surface area contributed by atoms with E-state index >= 15 is 0 Å². The zero-order valence-corrected chi connectivity index (χ0v) is 18.0. The number of rotatable bonds is 6. The number of aryl methyl sites for hydroxylation is 2. The fourth-order valence-electron chi connectivity index (χ4n) is 2.98. The third-order valence-corrected chi connectivity index (χ3v) is 5.17. The molecule has 6 nitrogen and oxygen atoms in total. The molecule has 0 saturated carbocycles. The molecule has 1 aromatic heterocycles. The molecule has 154 valence electrons. The number of anilines is 1. The Morgan fingerprint density at radius 3 is 2.47 bits per heavy atom. The lowest BCUT2D eigenvalue weighted by atomic mass is 10.1. The van der Waals surface area contributed by atoms with Gasteiger partial charge >= 0.3 is 0 Å². The summed E-state index contributed by atoms with van der Waals surface area (Å²) in [6.45, 7) is 4.07. The number of nitrogens with zero attached hydrogens (tertiary/aromatic N) is 2. The Morgan fingerprint density at radius 2 is 1.83 bits per heavy atom. The van der Waals surface area contributed by atoms with Gasteiger partial charge in [0.25, 0.3) is 0 Å². The molecule has 0 saturated heterocycles. The minimum Gasteiger partial charge on any atom is -0.366 e. The second-order valence-corrected chi connectivity index (χ2v) is 7.58. The van der Waals surface area contributed by atoms with E-state index < -0.39 is 5.91 Å². The largest absolute Gasteiger partial charge is 0.366 e. The van der Waals surface area contributed by atoms with Gasteiger partial charge in [-0.1, -0.05) is 35.3 Å². The van der Waals surface area contributed by atoms with Gasteiger partial charge in [-0.3, -0.25) is 9.59 Å². The van der Waals surface area contributed by atoms with Crippen LogP contribution < -0.4 is 11.1 Å². The van der Waals surface area contributed by atoms with Gasteiger partial charge in [-0.15, -0.1) is 0 Å². The van der Waals surface area contributed by atoms with Crippen LogP contribution in [-0.4, -0.2) is 21.6 Å². The first-order valence-electron chi connectivity index (χ1n) is 9.11. The maximum absolute atomic E-state index is 12.3. The van der Waals surface area contributed by atoms with Gasteiger partial charge in [0.05, 0.1) is 12.2 Å². The van der Waals surface area contributed by atoms with E-state index in [-0.39, 0.29) is 5.91 Å². The highest BCUT2D eigenvalue weighted by Gasteiger charge is 2.12. The minimum atomic E-state index is -0.508. The Labute approximate surface area is 184 Å². The molecule has 0 unspecified atom stereocenters. The number of nitrogens with one attached hydrogen (secondary N) is 1. The van der Waals surface area contributed by atoms with Gasteiger partial charge in [0.15, 0.2) is 0 Å². The van der Waals surface area contributed by atoms with Gasteiger partial charge in [-0.2, -0.15) is 5.10 Å². The number of carbonyl (C=O) groups excluding carboxylic acids is 2. The summed E-state index contributed by atoms with van der Waals surface area (Å²) >= 11 is 12.4. The minimum absolute atomic E-state index is 0.331. The van der Waals surface area contributed by atoms with Crippen LogP contribution in [0.25, 0.3) is 6.08 Å². The van der Waals surface area contributed by atoms with E-state index in [1.54, 1.807) is 35.9 Å². The van der Waals surface area contributed by atoms with Crippen LogP contribution in [0, 0.1) is 13.8 Å². The van der Waals surface area contributed by atoms with Crippen molar-refractivity contribution in [1.82, 2.24) is 9.78 Å². The molecule has 0 aliphatic rings. The SMILES string of the molecule is Cc1cc(NC(=O)/C=C/c2c(C)nn(Cc3ccc(Cl)cc3)c2Cl)ccc1C(N)=O. The van der Waals surface area contributed by atoms with Gasteiger partial charge in [-0.25, -0.2) is 4.68 Å². The van der Waals surface area contributed by atoms with Gasteiger partial charge < -0.3 is 11.1 Å². The highest BCUT2D eigenvalue weighted by atomic mass is 35.5. The van der Waals surface area contributed by atoms with Crippen molar-refractivity contribution in [2.45, 2.75) is 20.4 Å². The highest BCUT2D eigenvalue weighted by Crippen LogP contribution is 2.23. The Kier molecular flexibility index (Phi) is 6.59. The second kappa shape index (κ2) is 9.15. The molecular weight excluding hydrogens is 423 g/mol. The van der Waals surface area contributed by atoms with Crippen molar-refractivity contribution in [3.63, 3.8) is 0 Å². The van der Waals surface area contributed by atoms with Gasteiger partial charge in [0.2, 0.25) is 11.8 Å². The number of aromatic nitrogens is 2. The number of hydrogen-bond acceptors (Lipinski definition) is 3. The number of nitrogens with two attached hydrogens (primary N) is 1. The first-order valence-corrected chi connectivity index (χ1v) is 9.87. The van der Waals surface area contributed by atoms with Crippen LogP contribution in [0.5, 0.6) is 0 Å². The first-order chi connectivity index (χ1) is 14.2. The summed E-state index contributed by atoms with van der Waals surface area (Å²) in [5.41, 5.74) is 9.35. The Hall–Kier alpha value is -3.09. The van der Waals surface area contributed by atoms with E-state index in [4.69, 9.17) is 28.9 Å². The Morgan fingerprint density at radius 1 is 1.13 bits per heavy atom. The molecule has 0 radical (unpaired) electrons. The summed E-state index contributed by atoms with van der Waals surface area (Å²) in [7, 11) is 0. The predicted octanol–water partition coefficient (Wildman–Crippen LogP) is 4.61. The molecule has 1 heterocycles. The maximum Gasteiger partial charge on any atom is 0.248 e. The van der Waals surface area contributed by atoms with Crippen molar-refractivity contribution >= 4 is 46.8 Å². The smallest absolute Gasteiger partial charge is 0.248 e. The van der Waals surface area contributed by atoms with Crippen molar-refractivity contribution < 1.29 is 9.59 Å². The van der Waals surface area contributed by atoms with Crippen molar-refractivity contribution in [3.05, 3.63) is 86.7 Å². The zero-order valence-electron chi connectivity index (χ0n) is 16.4. The van der Waals surface area contributed by atoms with Crippen LogP contribution in [0.3, 0.4) is 0 Å². The average Bonchev–Trinajstić information content (AvgIpc) is 2.94. The fourth-order valence-corrected chi connectivity index (χ4v) is 3.41. The molecule has 3 rings (SSSR count). The van der Waals surface area contributed by atoms with Crippen LogP contribution in [0.1, 0.15) is 32.7 Å². The molecule has 3 N–H and O–H groups in total. The van der Waals surface area contributed by atoms with E-state index in [9.17, 15) is 9.59 Å². The monoisotopic (exact) mass is 442 g/mol. The lowest BCUT2D eigenvalue weighted by molar-refractivity contribution is -0.111. The normalized spacial score (nSPS) is 11.1. The fraction of sp³-hybridized carbons (Fsp3) is 0.136. The number of benzene rings is 2. The molecule has 0 aliphatic carbocycles. The highest BCUT2D eigenvalue weighted by molar-refractivity contribution is 6.31. The van der Waals surface area contributed by atoms with Gasteiger partial charge in [0, 0.05) is 27.9 Å². The van der Waals surface area contributed by atoms with E-state index in [1.807, 2.05) is 31.2 Å². The summed E-state index contributed by atoms with van der Waals surface area (Å²) in [5.74, 6) is -0.840. The number of primary amides is 1. The van der Waals surface area contributed by atoms with Gasteiger partial charge in [0.1, 0.15) is 5.15 Å². The molecule has 0 fully saturated rings. The van der Waals surface area contributed by atoms with Crippen molar-refractivity contribution in [2.24, 2.45) is 5.73 Å². The summed E-state index contributed by atoms with van der Waals surface area (Å²) in [4.78, 5) is 23.6. The zero-order chi connectivity index (χ0) is 21.8. The quantitative estimate of drug-likeness (QED) is 0.546. The number of halogens is 2. The van der Waals surface area contributed by atoms with Crippen LogP contribution in [0.4, 0.5) is 5.69 Å². The van der Waals surface area contributed by atoms with E-state index in [2.05, 4.69) is 10.4 Å². The van der Waals surface area contributed by atoms with Crippen molar-refractivity contribution in [3.8, 4) is 0 Å². The molecule has 0 spiro atoms. The molecule has 0 aliphatic heterocycles. The Balaban J connectivity index is 1.72. The third kappa shape index (κ3) is 5.09. The summed E-state index contributed by atoms with van der Waals surface area (Å²) in [6, 6.07) is 12.3. The summed E-state index contributed by atoms with van der Waals surface area (Å²) in [6.07, 6.45) is 3.02. The topological polar surface area (TPSA) is 90.0 Å². The molecule has 0 bridgehead atoms. The first kappa shape index (κ1) is 21.6. The Bertz CT molecular complexity index is 1130. The van der Waals surface area contributed by atoms with E-state index in [0.717, 1.165) is 5.56 Å². The van der Waals surface area contributed by atoms with Crippen LogP contribution in [-0.2, 0) is 11.3 Å². The molecular formula is C22H20Cl2N4O2. The van der Waals surface area contributed by atoms with Crippen molar-refractivity contribution in [1.29, 1.82) is 0 Å². The third-order valence-electron chi connectivity index (χ3n) is 4.52. The molecule has 2 aromatic carbocycles. The number of carbonyl (C=O) groups is 2. The molecule has 8 heteroatoms. The number of hydrogen-bond donors (Lipinski definition) is 2. The second-order valence-electron chi connectivity index (χ2n) is 6.79. The van der Waals surface area contributed by atoms with E-state index in [1.165, 1.54) is 6.08 Å².